The molecule has 2 aliphatic rings. The molecule has 0 spiro atoms. The number of ether oxygens (including phenoxy) is 1. The second-order valence-electron chi connectivity index (χ2n) is 7.00. The van der Waals surface area contributed by atoms with Gasteiger partial charge < -0.3 is 10.1 Å². The lowest BCUT2D eigenvalue weighted by Crippen LogP contribution is -2.47. The predicted octanol–water partition coefficient (Wildman–Crippen LogP) is 1.29. The van der Waals surface area contributed by atoms with Gasteiger partial charge >= 0.3 is 5.97 Å². The summed E-state index contributed by atoms with van der Waals surface area (Å²) < 4.78 is 30.4. The van der Waals surface area contributed by atoms with E-state index in [0.717, 1.165) is 25.7 Å². The first kappa shape index (κ1) is 20.2. The summed E-state index contributed by atoms with van der Waals surface area (Å²) in [5, 5.41) is 2.93. The fourth-order valence-corrected chi connectivity index (χ4v) is 4.90. The summed E-state index contributed by atoms with van der Waals surface area (Å²) in [5.41, 5.74) is -0.585. The first-order valence-electron chi connectivity index (χ1n) is 9.27. The normalized spacial score (nSPS) is 21.8. The van der Waals surface area contributed by atoms with E-state index < -0.39 is 15.4 Å². The highest BCUT2D eigenvalue weighted by Crippen LogP contribution is 2.39. The largest absolute Gasteiger partial charge is 0.466 e. The van der Waals surface area contributed by atoms with Gasteiger partial charge in [0.2, 0.25) is 15.9 Å². The summed E-state index contributed by atoms with van der Waals surface area (Å²) in [6.45, 7) is 4.85. The van der Waals surface area contributed by atoms with Gasteiger partial charge in [-0.15, -0.1) is 0 Å². The van der Waals surface area contributed by atoms with Crippen LogP contribution in [-0.4, -0.2) is 56.6 Å². The molecule has 0 aromatic rings. The zero-order valence-electron chi connectivity index (χ0n) is 15.3. The molecule has 144 valence electrons. The molecule has 2 fully saturated rings. The molecule has 0 radical (unpaired) electrons. The van der Waals surface area contributed by atoms with Gasteiger partial charge in [0.05, 0.1) is 17.8 Å². The number of nitrogens with zero attached hydrogens (tertiary/aromatic N) is 1. The molecule has 0 aromatic carbocycles. The van der Waals surface area contributed by atoms with Crippen molar-refractivity contribution < 1.29 is 22.7 Å². The lowest BCUT2D eigenvalue weighted by Gasteiger charge is -2.31. The first-order chi connectivity index (χ1) is 11.8. The number of carbonyl (C=O) groups excluding carboxylic acids is 2. The van der Waals surface area contributed by atoms with Gasteiger partial charge in [-0.25, -0.2) is 12.7 Å². The highest BCUT2D eigenvalue weighted by molar-refractivity contribution is 7.89. The molecular weight excluding hydrogens is 344 g/mol. The second-order valence-corrected chi connectivity index (χ2v) is 9.26. The monoisotopic (exact) mass is 374 g/mol. The maximum Gasteiger partial charge on any atom is 0.313 e. The van der Waals surface area contributed by atoms with Crippen molar-refractivity contribution in [2.75, 3.05) is 32.0 Å². The van der Waals surface area contributed by atoms with Crippen LogP contribution in [0.5, 0.6) is 0 Å². The van der Waals surface area contributed by atoms with Crippen molar-refractivity contribution in [3.05, 3.63) is 0 Å². The third kappa shape index (κ3) is 4.73. The van der Waals surface area contributed by atoms with E-state index in [-0.39, 0.29) is 23.5 Å². The Morgan fingerprint density at radius 1 is 1.16 bits per heavy atom. The van der Waals surface area contributed by atoms with Crippen LogP contribution < -0.4 is 5.32 Å². The molecule has 0 unspecified atom stereocenters. The molecular formula is C17H30N2O5S. The molecule has 1 heterocycles. The molecule has 25 heavy (non-hydrogen) atoms. The Morgan fingerprint density at radius 2 is 1.76 bits per heavy atom. The molecule has 1 aliphatic carbocycles. The molecule has 8 heteroatoms. The number of esters is 1. The van der Waals surface area contributed by atoms with E-state index in [1.807, 2.05) is 0 Å². The van der Waals surface area contributed by atoms with E-state index in [9.17, 15) is 18.0 Å². The minimum Gasteiger partial charge on any atom is -0.466 e. The van der Waals surface area contributed by atoms with E-state index in [0.29, 0.717) is 39.1 Å². The Balaban J connectivity index is 1.87. The van der Waals surface area contributed by atoms with Gasteiger partial charge in [-0.05, 0) is 39.5 Å². The van der Waals surface area contributed by atoms with Crippen LogP contribution in [-0.2, 0) is 24.3 Å². The quantitative estimate of drug-likeness (QED) is 0.678. The highest BCUT2D eigenvalue weighted by atomic mass is 32.2. The summed E-state index contributed by atoms with van der Waals surface area (Å²) in [7, 11) is -3.18. The standard InChI is InChI=1S/C17H30N2O5S/c1-3-24-16(21)17(9-5-6-10-17)13-18-15(20)14-7-11-19(12-8-14)25(22,23)4-2/h14H,3-13H2,1-2H3,(H,18,20). The van der Waals surface area contributed by atoms with Crippen LogP contribution in [0.4, 0.5) is 0 Å². The Morgan fingerprint density at radius 3 is 2.28 bits per heavy atom. The zero-order valence-corrected chi connectivity index (χ0v) is 16.1. The molecule has 1 N–H and O–H groups in total. The van der Waals surface area contributed by atoms with Crippen molar-refractivity contribution in [2.24, 2.45) is 11.3 Å². The number of rotatable bonds is 7. The van der Waals surface area contributed by atoms with Gasteiger partial charge in [-0.3, -0.25) is 9.59 Å². The van der Waals surface area contributed by atoms with Crippen LogP contribution >= 0.6 is 0 Å². The molecule has 0 aromatic heterocycles. The third-order valence-corrected chi connectivity index (χ3v) is 7.33. The van der Waals surface area contributed by atoms with Crippen LogP contribution in [0.3, 0.4) is 0 Å². The van der Waals surface area contributed by atoms with Crippen LogP contribution in [0.25, 0.3) is 0 Å². The Bertz CT molecular complexity index is 576. The fraction of sp³-hybridized carbons (Fsp3) is 0.882. The van der Waals surface area contributed by atoms with Crippen LogP contribution in [0.15, 0.2) is 0 Å². The summed E-state index contributed by atoms with van der Waals surface area (Å²) in [5.74, 6) is -0.393. The molecule has 1 saturated heterocycles. The van der Waals surface area contributed by atoms with Gasteiger partial charge in [0.15, 0.2) is 0 Å². The summed E-state index contributed by atoms with van der Waals surface area (Å²) in [6, 6.07) is 0. The zero-order chi connectivity index (χ0) is 18.5. The van der Waals surface area contributed by atoms with Gasteiger partial charge in [0.25, 0.3) is 0 Å². The van der Waals surface area contributed by atoms with E-state index in [1.54, 1.807) is 13.8 Å². The maximum atomic E-state index is 12.5. The van der Waals surface area contributed by atoms with Crippen molar-refractivity contribution in [3.8, 4) is 0 Å². The van der Waals surface area contributed by atoms with E-state index in [1.165, 1.54) is 4.31 Å². The van der Waals surface area contributed by atoms with E-state index >= 15 is 0 Å². The van der Waals surface area contributed by atoms with E-state index in [4.69, 9.17) is 4.74 Å². The van der Waals surface area contributed by atoms with Gasteiger partial charge in [0.1, 0.15) is 0 Å². The van der Waals surface area contributed by atoms with Gasteiger partial charge in [-0.2, -0.15) is 0 Å². The minimum absolute atomic E-state index is 0.0795. The molecule has 1 saturated carbocycles. The highest BCUT2D eigenvalue weighted by Gasteiger charge is 2.43. The smallest absolute Gasteiger partial charge is 0.313 e. The van der Waals surface area contributed by atoms with E-state index in [2.05, 4.69) is 5.32 Å². The number of amides is 1. The number of hydrogen-bond donors (Lipinski definition) is 1. The van der Waals surface area contributed by atoms with Crippen molar-refractivity contribution in [1.82, 2.24) is 9.62 Å². The van der Waals surface area contributed by atoms with Crippen molar-refractivity contribution in [3.63, 3.8) is 0 Å². The Kier molecular flexibility index (Phi) is 6.85. The Labute approximate surface area is 150 Å². The summed E-state index contributed by atoms with van der Waals surface area (Å²) in [6.07, 6.45) is 4.50. The summed E-state index contributed by atoms with van der Waals surface area (Å²) >= 11 is 0. The van der Waals surface area contributed by atoms with Crippen LogP contribution in [0, 0.1) is 11.3 Å². The number of carbonyl (C=O) groups is 2. The average Bonchev–Trinajstić information content (AvgIpc) is 3.10. The molecule has 0 bridgehead atoms. The number of piperidine rings is 1. The predicted molar refractivity (Wildman–Crippen MR) is 94.3 cm³/mol. The van der Waals surface area contributed by atoms with Crippen molar-refractivity contribution >= 4 is 21.9 Å². The first-order valence-corrected chi connectivity index (χ1v) is 10.9. The van der Waals surface area contributed by atoms with Crippen molar-refractivity contribution in [2.45, 2.75) is 52.4 Å². The minimum atomic E-state index is -3.18. The summed E-state index contributed by atoms with van der Waals surface area (Å²) in [4.78, 5) is 24.8. The molecule has 2 rings (SSSR count). The Hall–Kier alpha value is -1.15. The van der Waals surface area contributed by atoms with Crippen LogP contribution in [0.1, 0.15) is 52.4 Å². The topological polar surface area (TPSA) is 92.8 Å². The molecule has 1 amide bonds. The maximum absolute atomic E-state index is 12.5. The SMILES string of the molecule is CCOC(=O)C1(CNC(=O)C2CCN(S(=O)(=O)CC)CC2)CCCC1. The lowest BCUT2D eigenvalue weighted by atomic mass is 9.85. The number of hydrogen-bond acceptors (Lipinski definition) is 5. The van der Waals surface area contributed by atoms with Gasteiger partial charge in [-0.1, -0.05) is 12.8 Å². The number of sulfonamides is 1. The average molecular weight is 375 g/mol. The molecule has 1 aliphatic heterocycles. The van der Waals surface area contributed by atoms with Crippen LogP contribution in [0.2, 0.25) is 0 Å². The van der Waals surface area contributed by atoms with Crippen molar-refractivity contribution in [1.29, 1.82) is 0 Å². The van der Waals surface area contributed by atoms with Gasteiger partial charge in [0, 0.05) is 25.6 Å². The second kappa shape index (κ2) is 8.49. The number of nitrogens with one attached hydrogen (secondary N) is 1. The molecule has 7 nitrogen and oxygen atoms in total. The third-order valence-electron chi connectivity index (χ3n) is 5.45. The lowest BCUT2D eigenvalue weighted by molar-refractivity contribution is -0.155. The molecule has 0 atom stereocenters. The fourth-order valence-electron chi connectivity index (χ4n) is 3.77.